The molecule has 0 saturated carbocycles. The van der Waals surface area contributed by atoms with Gasteiger partial charge >= 0.3 is 0 Å². The molecule has 0 bridgehead atoms. The molecule has 1 rings (SSSR count). The van der Waals surface area contributed by atoms with Gasteiger partial charge in [-0.15, -0.1) is 6.42 Å². The number of aromatic amines is 1. The summed E-state index contributed by atoms with van der Waals surface area (Å²) in [5, 5.41) is 0. The van der Waals surface area contributed by atoms with E-state index < -0.39 is 5.82 Å². The van der Waals surface area contributed by atoms with Crippen molar-refractivity contribution in [2.75, 3.05) is 0 Å². The zero-order valence-corrected chi connectivity index (χ0v) is 5.83. The highest BCUT2D eigenvalue weighted by Crippen LogP contribution is 2.00. The first-order chi connectivity index (χ1) is 4.74. The third kappa shape index (κ3) is 1.23. The van der Waals surface area contributed by atoms with Gasteiger partial charge in [0.05, 0.1) is 0 Å². The summed E-state index contributed by atoms with van der Waals surface area (Å²) in [5.41, 5.74) is 0.464. The molecule has 0 saturated heterocycles. The second kappa shape index (κ2) is 2.63. The monoisotopic (exact) mass is 153 g/mol. The van der Waals surface area contributed by atoms with Crippen LogP contribution in [0.1, 0.15) is 5.56 Å². The topological polar surface area (TPSA) is 15.8 Å². The van der Waals surface area contributed by atoms with Crippen molar-refractivity contribution in [3.63, 3.8) is 0 Å². The molecule has 3 heteroatoms. The van der Waals surface area contributed by atoms with E-state index in [2.05, 4.69) is 23.1 Å². The summed E-state index contributed by atoms with van der Waals surface area (Å²) in [7, 11) is 0. The molecule has 0 spiro atoms. The van der Waals surface area contributed by atoms with E-state index in [1.807, 2.05) is 0 Å². The van der Waals surface area contributed by atoms with E-state index in [1.54, 1.807) is 0 Å². The largest absolute Gasteiger partial charge is 0.349 e. The Hall–Kier alpha value is -1.14. The highest BCUT2D eigenvalue weighted by Gasteiger charge is 1.92. The number of aromatic nitrogens is 1. The number of nitrogens with one attached hydrogen (secondary N) is 1. The second-order valence-corrected chi connectivity index (χ2v) is 2.12. The molecule has 1 aromatic heterocycles. The van der Waals surface area contributed by atoms with Crippen molar-refractivity contribution < 1.29 is 4.39 Å². The zero-order chi connectivity index (χ0) is 7.56. The van der Waals surface area contributed by atoms with E-state index in [0.717, 1.165) is 0 Å². The lowest BCUT2D eigenvalue weighted by Crippen LogP contribution is -1.83. The van der Waals surface area contributed by atoms with Crippen LogP contribution in [0.3, 0.4) is 0 Å². The van der Waals surface area contributed by atoms with Crippen molar-refractivity contribution in [1.29, 1.82) is 0 Å². The Balaban J connectivity index is 3.34. The van der Waals surface area contributed by atoms with E-state index >= 15 is 0 Å². The molecular weight excluding hydrogens is 149 g/mol. The SMILES string of the molecule is C#Cc1c[nH]c(=S)c(F)c1. The summed E-state index contributed by atoms with van der Waals surface area (Å²) < 4.78 is 12.6. The van der Waals surface area contributed by atoms with Gasteiger partial charge in [-0.05, 0) is 6.07 Å². The lowest BCUT2D eigenvalue weighted by atomic mass is 10.3. The average Bonchev–Trinajstić information content (AvgIpc) is 1.95. The predicted molar refractivity (Wildman–Crippen MR) is 39.5 cm³/mol. The molecule has 0 aliphatic heterocycles. The van der Waals surface area contributed by atoms with Crippen molar-refractivity contribution in [2.45, 2.75) is 0 Å². The van der Waals surface area contributed by atoms with Gasteiger partial charge in [-0.1, -0.05) is 18.1 Å². The van der Waals surface area contributed by atoms with E-state index in [9.17, 15) is 4.39 Å². The third-order valence-electron chi connectivity index (χ3n) is 1.02. The first kappa shape index (κ1) is 6.97. The van der Waals surface area contributed by atoms with E-state index in [4.69, 9.17) is 6.42 Å². The second-order valence-electron chi connectivity index (χ2n) is 1.71. The molecule has 0 amide bonds. The number of pyridine rings is 1. The van der Waals surface area contributed by atoms with Gasteiger partial charge in [-0.3, -0.25) is 0 Å². The maximum absolute atomic E-state index is 12.5. The van der Waals surface area contributed by atoms with Crippen LogP contribution in [0.25, 0.3) is 0 Å². The molecule has 0 unspecified atom stereocenters. The summed E-state index contributed by atoms with van der Waals surface area (Å²) in [4.78, 5) is 2.52. The first-order valence-corrected chi connectivity index (χ1v) is 2.99. The number of hydrogen-bond acceptors (Lipinski definition) is 1. The van der Waals surface area contributed by atoms with Crippen LogP contribution < -0.4 is 0 Å². The molecule has 1 aromatic rings. The van der Waals surface area contributed by atoms with Gasteiger partial charge in [0, 0.05) is 11.8 Å². The molecule has 0 fully saturated rings. The first-order valence-electron chi connectivity index (χ1n) is 2.59. The lowest BCUT2D eigenvalue weighted by Gasteiger charge is -1.89. The van der Waals surface area contributed by atoms with Crippen LogP contribution in [0.2, 0.25) is 0 Å². The van der Waals surface area contributed by atoms with E-state index in [-0.39, 0.29) is 4.64 Å². The fourth-order valence-corrected chi connectivity index (χ4v) is 0.657. The molecule has 1 nitrogen and oxygen atoms in total. The summed E-state index contributed by atoms with van der Waals surface area (Å²) >= 11 is 4.56. The predicted octanol–water partition coefficient (Wildman–Crippen LogP) is 1.86. The summed E-state index contributed by atoms with van der Waals surface area (Å²) in [6, 6.07) is 1.22. The molecule has 0 aliphatic rings. The van der Waals surface area contributed by atoms with Gasteiger partial charge in [-0.25, -0.2) is 4.39 Å². The minimum absolute atomic E-state index is 0.0824. The van der Waals surface area contributed by atoms with Gasteiger partial charge < -0.3 is 4.98 Å². The van der Waals surface area contributed by atoms with Crippen LogP contribution in [0, 0.1) is 22.8 Å². The Kier molecular flexibility index (Phi) is 1.83. The molecule has 0 aliphatic carbocycles. The minimum Gasteiger partial charge on any atom is -0.349 e. The fourth-order valence-electron chi connectivity index (χ4n) is 0.539. The van der Waals surface area contributed by atoms with Crippen LogP contribution >= 0.6 is 12.2 Å². The van der Waals surface area contributed by atoms with Crippen LogP contribution in [-0.4, -0.2) is 4.98 Å². The maximum Gasteiger partial charge on any atom is 0.159 e. The van der Waals surface area contributed by atoms with Gasteiger partial charge in [0.25, 0.3) is 0 Å². The molecule has 0 atom stereocenters. The Morgan fingerprint density at radius 3 is 2.90 bits per heavy atom. The fraction of sp³-hybridized carbons (Fsp3) is 0. The number of hydrogen-bond donors (Lipinski definition) is 1. The number of halogens is 1. The van der Waals surface area contributed by atoms with Crippen LogP contribution in [0.5, 0.6) is 0 Å². The Morgan fingerprint density at radius 2 is 2.40 bits per heavy atom. The third-order valence-corrected chi connectivity index (χ3v) is 1.34. The van der Waals surface area contributed by atoms with Crippen LogP contribution in [0.4, 0.5) is 4.39 Å². The molecule has 10 heavy (non-hydrogen) atoms. The molecule has 0 radical (unpaired) electrons. The van der Waals surface area contributed by atoms with Gasteiger partial charge in [0.1, 0.15) is 4.64 Å². The lowest BCUT2D eigenvalue weighted by molar-refractivity contribution is 0.616. The maximum atomic E-state index is 12.5. The molecule has 50 valence electrons. The Morgan fingerprint density at radius 1 is 1.70 bits per heavy atom. The van der Waals surface area contributed by atoms with Crippen LogP contribution in [-0.2, 0) is 0 Å². The normalized spacial score (nSPS) is 8.80. The molecule has 1 N–H and O–H groups in total. The van der Waals surface area contributed by atoms with Crippen molar-refractivity contribution >= 4 is 12.2 Å². The molecule has 0 aromatic carbocycles. The molecule has 1 heterocycles. The number of rotatable bonds is 0. The number of terminal acetylenes is 1. The average molecular weight is 153 g/mol. The van der Waals surface area contributed by atoms with E-state index in [0.29, 0.717) is 5.56 Å². The Bertz CT molecular complexity index is 334. The van der Waals surface area contributed by atoms with Crippen LogP contribution in [0.15, 0.2) is 12.3 Å². The van der Waals surface area contributed by atoms with Gasteiger partial charge in [-0.2, -0.15) is 0 Å². The minimum atomic E-state index is -0.481. The van der Waals surface area contributed by atoms with E-state index in [1.165, 1.54) is 12.3 Å². The molecular formula is C7H4FNS. The Labute approximate surface area is 62.9 Å². The smallest absolute Gasteiger partial charge is 0.159 e. The quantitative estimate of drug-likeness (QED) is 0.444. The van der Waals surface area contributed by atoms with Crippen molar-refractivity contribution in [1.82, 2.24) is 4.98 Å². The standard InChI is InChI=1S/C7H4FNS/c1-2-5-3-6(8)7(10)9-4-5/h1,3-4H,(H,9,10). The summed E-state index contributed by atoms with van der Waals surface area (Å²) in [6.07, 6.45) is 6.49. The van der Waals surface area contributed by atoms with Gasteiger partial charge in [0.15, 0.2) is 5.82 Å². The van der Waals surface area contributed by atoms with Crippen molar-refractivity contribution in [3.8, 4) is 12.3 Å². The highest BCUT2D eigenvalue weighted by atomic mass is 32.1. The summed E-state index contributed by atoms with van der Waals surface area (Å²) in [6.45, 7) is 0. The number of H-pyrrole nitrogens is 1. The highest BCUT2D eigenvalue weighted by molar-refractivity contribution is 7.71. The summed E-state index contributed by atoms with van der Waals surface area (Å²) in [5.74, 6) is 1.80. The zero-order valence-electron chi connectivity index (χ0n) is 5.02. The van der Waals surface area contributed by atoms with Crippen molar-refractivity contribution in [3.05, 3.63) is 28.3 Å². The van der Waals surface area contributed by atoms with Gasteiger partial charge in [0.2, 0.25) is 0 Å². The van der Waals surface area contributed by atoms with Crippen molar-refractivity contribution in [2.24, 2.45) is 0 Å².